The van der Waals surface area contributed by atoms with E-state index in [0.29, 0.717) is 38.7 Å². The minimum Gasteiger partial charge on any atom is -0.439 e. The zero-order valence-corrected chi connectivity index (χ0v) is 17.4. The number of aryl methyl sites for hydroxylation is 1. The number of carbonyl (C=O) groups excluding carboxylic acids is 1. The SMILES string of the molecule is CNc1nccn2c(Br)c(-c3ccc(Oc4cccc(C)n4)cc3)c(C(N)=O)c12. The number of hydrogen-bond acceptors (Lipinski definition) is 5. The Morgan fingerprint density at radius 1 is 1.21 bits per heavy atom. The number of hydrogen-bond donors (Lipinski definition) is 2. The highest BCUT2D eigenvalue weighted by molar-refractivity contribution is 9.10. The molecule has 0 fully saturated rings. The number of pyridine rings is 1. The van der Waals surface area contributed by atoms with Gasteiger partial charge in [-0.05, 0) is 46.6 Å². The average molecular weight is 452 g/mol. The minimum absolute atomic E-state index is 0.392. The molecule has 1 amide bonds. The molecule has 4 aromatic rings. The number of fused-ring (bicyclic) bond motifs is 1. The lowest BCUT2D eigenvalue weighted by Gasteiger charge is -2.07. The Kier molecular flexibility index (Phi) is 4.94. The van der Waals surface area contributed by atoms with Crippen molar-refractivity contribution < 1.29 is 9.53 Å². The summed E-state index contributed by atoms with van der Waals surface area (Å²) in [6, 6.07) is 13.0. The first-order valence-electron chi connectivity index (χ1n) is 8.87. The van der Waals surface area contributed by atoms with Crippen molar-refractivity contribution in [2.24, 2.45) is 5.73 Å². The molecule has 3 heterocycles. The second-order valence-electron chi connectivity index (χ2n) is 6.39. The highest BCUT2D eigenvalue weighted by Crippen LogP contribution is 2.39. The number of primary amides is 1. The number of nitrogens with one attached hydrogen (secondary N) is 1. The smallest absolute Gasteiger partial charge is 0.251 e. The molecule has 3 aromatic heterocycles. The second-order valence-corrected chi connectivity index (χ2v) is 7.14. The van der Waals surface area contributed by atoms with Crippen molar-refractivity contribution in [2.45, 2.75) is 6.92 Å². The Morgan fingerprint density at radius 3 is 2.62 bits per heavy atom. The van der Waals surface area contributed by atoms with Crippen molar-refractivity contribution in [2.75, 3.05) is 12.4 Å². The minimum atomic E-state index is -0.531. The summed E-state index contributed by atoms with van der Waals surface area (Å²) >= 11 is 3.61. The predicted molar refractivity (Wildman–Crippen MR) is 115 cm³/mol. The Hall–Kier alpha value is -3.39. The molecule has 0 bridgehead atoms. The van der Waals surface area contributed by atoms with Gasteiger partial charge in [-0.1, -0.05) is 18.2 Å². The summed E-state index contributed by atoms with van der Waals surface area (Å²) in [7, 11) is 1.75. The van der Waals surface area contributed by atoms with Crippen LogP contribution in [0.4, 0.5) is 5.82 Å². The molecule has 0 unspecified atom stereocenters. The second kappa shape index (κ2) is 7.56. The lowest BCUT2D eigenvalue weighted by atomic mass is 10.0. The molecular formula is C21H18BrN5O2. The number of nitrogens with two attached hydrogens (primary N) is 1. The van der Waals surface area contributed by atoms with Crippen LogP contribution in [0.2, 0.25) is 0 Å². The van der Waals surface area contributed by atoms with Gasteiger partial charge in [-0.2, -0.15) is 0 Å². The molecule has 146 valence electrons. The molecule has 29 heavy (non-hydrogen) atoms. The van der Waals surface area contributed by atoms with Crippen LogP contribution in [-0.4, -0.2) is 27.3 Å². The summed E-state index contributed by atoms with van der Waals surface area (Å²) in [6.07, 6.45) is 3.43. The molecule has 0 aliphatic heterocycles. The molecule has 1 aromatic carbocycles. The fourth-order valence-electron chi connectivity index (χ4n) is 3.24. The number of nitrogens with zero attached hydrogens (tertiary/aromatic N) is 3. The first-order valence-corrected chi connectivity index (χ1v) is 9.67. The third-order valence-corrected chi connectivity index (χ3v) is 5.28. The van der Waals surface area contributed by atoms with Crippen LogP contribution in [0.15, 0.2) is 59.5 Å². The Labute approximate surface area is 175 Å². The maximum atomic E-state index is 12.3. The zero-order valence-electron chi connectivity index (χ0n) is 15.8. The van der Waals surface area contributed by atoms with Gasteiger partial charge in [0, 0.05) is 36.8 Å². The number of halogens is 1. The molecule has 0 spiro atoms. The van der Waals surface area contributed by atoms with Crippen LogP contribution >= 0.6 is 15.9 Å². The van der Waals surface area contributed by atoms with Crippen molar-refractivity contribution in [3.8, 4) is 22.8 Å². The molecule has 0 aliphatic rings. The molecule has 4 rings (SSSR count). The number of rotatable bonds is 5. The van der Waals surface area contributed by atoms with Crippen LogP contribution < -0.4 is 15.8 Å². The monoisotopic (exact) mass is 451 g/mol. The first kappa shape index (κ1) is 18.9. The molecule has 0 saturated heterocycles. The van der Waals surface area contributed by atoms with E-state index < -0.39 is 5.91 Å². The Balaban J connectivity index is 1.80. The molecule has 0 radical (unpaired) electrons. The molecule has 7 nitrogen and oxygen atoms in total. The standard InChI is InChI=1S/C21H18BrN5O2/c1-12-4-3-5-15(26-12)29-14-8-6-13(7-9-14)16-17(20(23)28)18-21(24-2)25-10-11-27(18)19(16)22/h3-11H,1-2H3,(H2,23,28)(H,24,25). The summed E-state index contributed by atoms with van der Waals surface area (Å²) in [4.78, 5) is 21.0. The van der Waals surface area contributed by atoms with Gasteiger partial charge in [-0.25, -0.2) is 9.97 Å². The van der Waals surface area contributed by atoms with Crippen LogP contribution in [0, 0.1) is 6.92 Å². The van der Waals surface area contributed by atoms with Crippen LogP contribution in [0.1, 0.15) is 16.1 Å². The summed E-state index contributed by atoms with van der Waals surface area (Å²) in [5.41, 5.74) is 9.15. The third kappa shape index (κ3) is 3.42. The number of carbonyl (C=O) groups is 1. The van der Waals surface area contributed by atoms with Crippen LogP contribution in [-0.2, 0) is 0 Å². The number of aromatic nitrogens is 3. The van der Waals surface area contributed by atoms with Crippen LogP contribution in [0.3, 0.4) is 0 Å². The van der Waals surface area contributed by atoms with Crippen molar-refractivity contribution >= 4 is 33.2 Å². The average Bonchev–Trinajstić information content (AvgIpc) is 3.02. The van der Waals surface area contributed by atoms with Gasteiger partial charge in [0.05, 0.1) is 10.2 Å². The van der Waals surface area contributed by atoms with Gasteiger partial charge in [-0.15, -0.1) is 0 Å². The Morgan fingerprint density at radius 2 is 1.97 bits per heavy atom. The number of anilines is 1. The largest absolute Gasteiger partial charge is 0.439 e. The summed E-state index contributed by atoms with van der Waals surface area (Å²) in [5.74, 6) is 1.21. The van der Waals surface area contributed by atoms with E-state index in [1.54, 1.807) is 25.5 Å². The van der Waals surface area contributed by atoms with Crippen molar-refractivity contribution in [1.82, 2.24) is 14.4 Å². The molecule has 0 aliphatic carbocycles. The zero-order chi connectivity index (χ0) is 20.5. The fraction of sp³-hybridized carbons (Fsp3) is 0.0952. The van der Waals surface area contributed by atoms with E-state index >= 15 is 0 Å². The summed E-state index contributed by atoms with van der Waals surface area (Å²) in [6.45, 7) is 1.91. The van der Waals surface area contributed by atoms with Crippen molar-refractivity contribution in [1.29, 1.82) is 0 Å². The maximum Gasteiger partial charge on any atom is 0.251 e. The van der Waals surface area contributed by atoms with Gasteiger partial charge >= 0.3 is 0 Å². The third-order valence-electron chi connectivity index (χ3n) is 4.50. The topological polar surface area (TPSA) is 94.5 Å². The van der Waals surface area contributed by atoms with Gasteiger partial charge in [0.2, 0.25) is 5.88 Å². The molecule has 0 atom stereocenters. The fourth-order valence-corrected chi connectivity index (χ4v) is 3.96. The predicted octanol–water partition coefficient (Wildman–Crippen LogP) is 4.40. The number of benzene rings is 1. The first-order chi connectivity index (χ1) is 14.0. The summed E-state index contributed by atoms with van der Waals surface area (Å²) in [5, 5.41) is 3.01. The lowest BCUT2D eigenvalue weighted by Crippen LogP contribution is -2.12. The van der Waals surface area contributed by atoms with E-state index in [0.717, 1.165) is 11.3 Å². The van der Waals surface area contributed by atoms with E-state index in [1.807, 2.05) is 47.7 Å². The summed E-state index contributed by atoms with van der Waals surface area (Å²) < 4.78 is 8.37. The Bertz CT molecular complexity index is 1220. The lowest BCUT2D eigenvalue weighted by molar-refractivity contribution is 0.100. The highest BCUT2D eigenvalue weighted by Gasteiger charge is 2.24. The molecule has 0 saturated carbocycles. The quantitative estimate of drug-likeness (QED) is 0.468. The van der Waals surface area contributed by atoms with E-state index in [9.17, 15) is 4.79 Å². The van der Waals surface area contributed by atoms with Crippen molar-refractivity contribution in [3.63, 3.8) is 0 Å². The molecule has 8 heteroatoms. The van der Waals surface area contributed by atoms with E-state index in [1.165, 1.54) is 0 Å². The van der Waals surface area contributed by atoms with E-state index in [-0.39, 0.29) is 0 Å². The van der Waals surface area contributed by atoms with Crippen molar-refractivity contribution in [3.05, 3.63) is 70.7 Å². The van der Waals surface area contributed by atoms with Gasteiger partial charge in [-0.3, -0.25) is 4.79 Å². The maximum absolute atomic E-state index is 12.3. The number of amides is 1. The molecular weight excluding hydrogens is 434 g/mol. The van der Waals surface area contributed by atoms with Gasteiger partial charge < -0.3 is 20.2 Å². The van der Waals surface area contributed by atoms with Crippen LogP contribution in [0.5, 0.6) is 11.6 Å². The molecule has 3 N–H and O–H groups in total. The van der Waals surface area contributed by atoms with Gasteiger partial charge in [0.25, 0.3) is 5.91 Å². The van der Waals surface area contributed by atoms with Gasteiger partial charge in [0.15, 0.2) is 5.82 Å². The van der Waals surface area contributed by atoms with E-state index in [2.05, 4.69) is 31.2 Å². The van der Waals surface area contributed by atoms with Gasteiger partial charge in [0.1, 0.15) is 11.3 Å². The number of ether oxygens (including phenoxy) is 1. The highest BCUT2D eigenvalue weighted by atomic mass is 79.9. The normalized spacial score (nSPS) is 10.9. The van der Waals surface area contributed by atoms with Crippen LogP contribution in [0.25, 0.3) is 16.6 Å². The van der Waals surface area contributed by atoms with E-state index in [4.69, 9.17) is 10.5 Å².